The predicted octanol–water partition coefficient (Wildman–Crippen LogP) is 2.49. The predicted molar refractivity (Wildman–Crippen MR) is 85.8 cm³/mol. The molecule has 2 aromatic rings. The van der Waals surface area contributed by atoms with Crippen LogP contribution < -0.4 is 10.1 Å². The molecular formula is C17H18F2N2O4. The fourth-order valence-electron chi connectivity index (χ4n) is 2.83. The number of halogens is 2. The van der Waals surface area contributed by atoms with Crippen LogP contribution in [0.4, 0.5) is 8.78 Å². The monoisotopic (exact) mass is 352 g/mol. The average Bonchev–Trinajstić information content (AvgIpc) is 2.99. The summed E-state index contributed by atoms with van der Waals surface area (Å²) in [6.07, 6.45) is -0.436. The molecule has 0 radical (unpaired) electrons. The number of amides is 1. The topological polar surface area (TPSA) is 80.4 Å². The van der Waals surface area contributed by atoms with Crippen molar-refractivity contribution >= 4 is 22.8 Å². The van der Waals surface area contributed by atoms with Crippen LogP contribution in [-0.4, -0.2) is 43.0 Å². The van der Waals surface area contributed by atoms with Gasteiger partial charge in [0.15, 0.2) is 0 Å². The van der Waals surface area contributed by atoms with E-state index >= 15 is 0 Å². The highest BCUT2D eigenvalue weighted by atomic mass is 19.3. The van der Waals surface area contributed by atoms with E-state index in [-0.39, 0.29) is 18.5 Å². The number of alkyl halides is 2. The van der Waals surface area contributed by atoms with Gasteiger partial charge in [0.05, 0.1) is 14.2 Å². The van der Waals surface area contributed by atoms with Crippen molar-refractivity contribution in [3.05, 3.63) is 30.0 Å². The minimum Gasteiger partial charge on any atom is -0.496 e. The number of aromatic nitrogens is 1. The number of fused-ring (bicyclic) bond motifs is 1. The summed E-state index contributed by atoms with van der Waals surface area (Å²) in [6.45, 7) is 0. The van der Waals surface area contributed by atoms with Crippen LogP contribution in [0.15, 0.2) is 24.3 Å². The molecule has 1 aliphatic rings. The van der Waals surface area contributed by atoms with Gasteiger partial charge in [0.2, 0.25) is 0 Å². The number of nitrogens with one attached hydrogen (secondary N) is 2. The molecule has 2 N–H and O–H groups in total. The van der Waals surface area contributed by atoms with Gasteiger partial charge >= 0.3 is 5.97 Å². The normalized spacial score (nSPS) is 19.3. The Morgan fingerprint density at radius 3 is 2.72 bits per heavy atom. The van der Waals surface area contributed by atoms with Crippen molar-refractivity contribution in [1.29, 1.82) is 0 Å². The van der Waals surface area contributed by atoms with Crippen molar-refractivity contribution in [2.24, 2.45) is 5.92 Å². The van der Waals surface area contributed by atoms with Gasteiger partial charge in [-0.05, 0) is 24.6 Å². The van der Waals surface area contributed by atoms with Crippen LogP contribution in [-0.2, 0) is 9.53 Å². The SMILES string of the molecule is COC(=O)C(CC1CC1(F)F)NC(=O)c1cc2c(OC)cccc2[nH]1. The minimum absolute atomic E-state index is 0.158. The molecule has 0 bridgehead atoms. The Labute approximate surface area is 142 Å². The maximum absolute atomic E-state index is 13.1. The van der Waals surface area contributed by atoms with E-state index in [4.69, 9.17) is 4.74 Å². The fourth-order valence-corrected chi connectivity index (χ4v) is 2.83. The fraction of sp³-hybridized carbons (Fsp3) is 0.412. The number of methoxy groups -OCH3 is 2. The Bertz CT molecular complexity index is 818. The molecule has 0 saturated heterocycles. The van der Waals surface area contributed by atoms with Crippen molar-refractivity contribution in [3.8, 4) is 5.75 Å². The number of benzene rings is 1. The number of hydrogen-bond acceptors (Lipinski definition) is 4. The van der Waals surface area contributed by atoms with Crippen LogP contribution >= 0.6 is 0 Å². The molecule has 2 unspecified atom stereocenters. The lowest BCUT2D eigenvalue weighted by molar-refractivity contribution is -0.143. The lowest BCUT2D eigenvalue weighted by Gasteiger charge is -2.15. The third kappa shape index (κ3) is 3.42. The first-order valence-corrected chi connectivity index (χ1v) is 7.78. The molecule has 25 heavy (non-hydrogen) atoms. The lowest BCUT2D eigenvalue weighted by Crippen LogP contribution is -2.42. The molecule has 0 aliphatic heterocycles. The number of H-pyrrole nitrogens is 1. The Balaban J connectivity index is 1.78. The first-order valence-electron chi connectivity index (χ1n) is 7.78. The number of carbonyl (C=O) groups is 2. The van der Waals surface area contributed by atoms with Crippen molar-refractivity contribution in [2.75, 3.05) is 14.2 Å². The smallest absolute Gasteiger partial charge is 0.328 e. The second-order valence-corrected chi connectivity index (χ2v) is 6.05. The van der Waals surface area contributed by atoms with Crippen LogP contribution in [0.25, 0.3) is 10.9 Å². The lowest BCUT2D eigenvalue weighted by atomic mass is 10.1. The summed E-state index contributed by atoms with van der Waals surface area (Å²) in [5, 5.41) is 3.18. The van der Waals surface area contributed by atoms with Crippen molar-refractivity contribution in [3.63, 3.8) is 0 Å². The summed E-state index contributed by atoms with van der Waals surface area (Å²) < 4.78 is 36.1. The number of esters is 1. The Morgan fingerprint density at radius 2 is 2.12 bits per heavy atom. The first-order chi connectivity index (χ1) is 11.9. The van der Waals surface area contributed by atoms with Crippen LogP contribution in [0.2, 0.25) is 0 Å². The molecule has 1 heterocycles. The summed E-state index contributed by atoms with van der Waals surface area (Å²) in [6, 6.07) is 5.76. The van der Waals surface area contributed by atoms with Crippen molar-refractivity contribution < 1.29 is 27.8 Å². The molecule has 3 rings (SSSR count). The maximum Gasteiger partial charge on any atom is 0.328 e. The molecule has 1 aromatic carbocycles. The Morgan fingerprint density at radius 1 is 1.40 bits per heavy atom. The van der Waals surface area contributed by atoms with Gasteiger partial charge in [0, 0.05) is 23.2 Å². The second-order valence-electron chi connectivity index (χ2n) is 6.05. The van der Waals surface area contributed by atoms with E-state index in [1.807, 2.05) is 0 Å². The summed E-state index contributed by atoms with van der Waals surface area (Å²) in [5.41, 5.74) is 0.892. The average molecular weight is 352 g/mol. The number of carbonyl (C=O) groups excluding carboxylic acids is 2. The molecule has 1 fully saturated rings. The van der Waals surface area contributed by atoms with Crippen LogP contribution in [0.1, 0.15) is 23.3 Å². The van der Waals surface area contributed by atoms with Crippen molar-refractivity contribution in [1.82, 2.24) is 10.3 Å². The van der Waals surface area contributed by atoms with E-state index in [1.165, 1.54) is 7.11 Å². The zero-order valence-corrected chi connectivity index (χ0v) is 13.8. The number of rotatable bonds is 6. The zero-order valence-electron chi connectivity index (χ0n) is 13.8. The minimum atomic E-state index is -2.77. The Kier molecular flexibility index (Phi) is 4.36. The van der Waals surface area contributed by atoms with E-state index in [9.17, 15) is 18.4 Å². The molecule has 8 heteroatoms. The van der Waals surface area contributed by atoms with Crippen LogP contribution in [0, 0.1) is 5.92 Å². The molecule has 1 amide bonds. The van der Waals surface area contributed by atoms with Crippen molar-refractivity contribution in [2.45, 2.75) is 24.8 Å². The summed E-state index contributed by atoms with van der Waals surface area (Å²) >= 11 is 0. The van der Waals surface area contributed by atoms with Crippen LogP contribution in [0.5, 0.6) is 5.75 Å². The van der Waals surface area contributed by atoms with Gasteiger partial charge in [-0.2, -0.15) is 0 Å². The molecule has 2 atom stereocenters. The highest BCUT2D eigenvalue weighted by Gasteiger charge is 2.57. The van der Waals surface area contributed by atoms with Gasteiger partial charge in [-0.1, -0.05) is 6.07 Å². The summed E-state index contributed by atoms with van der Waals surface area (Å²) in [5.74, 6) is -4.41. The number of hydrogen-bond donors (Lipinski definition) is 2. The highest BCUT2D eigenvalue weighted by molar-refractivity contribution is 6.01. The van der Waals surface area contributed by atoms with Gasteiger partial charge in [0.25, 0.3) is 11.8 Å². The highest BCUT2D eigenvalue weighted by Crippen LogP contribution is 2.51. The van der Waals surface area contributed by atoms with E-state index < -0.39 is 29.8 Å². The first kappa shape index (κ1) is 17.2. The molecular weight excluding hydrogens is 334 g/mol. The zero-order chi connectivity index (χ0) is 18.2. The van der Waals surface area contributed by atoms with E-state index in [0.29, 0.717) is 16.7 Å². The number of ether oxygens (including phenoxy) is 2. The summed E-state index contributed by atoms with van der Waals surface area (Å²) in [4.78, 5) is 27.2. The number of aromatic amines is 1. The third-order valence-corrected chi connectivity index (χ3v) is 4.36. The van der Waals surface area contributed by atoms with E-state index in [1.54, 1.807) is 24.3 Å². The molecule has 134 valence electrons. The molecule has 1 saturated carbocycles. The molecule has 1 aliphatic carbocycles. The molecule has 1 aromatic heterocycles. The quantitative estimate of drug-likeness (QED) is 0.783. The van der Waals surface area contributed by atoms with E-state index in [2.05, 4.69) is 15.0 Å². The summed E-state index contributed by atoms with van der Waals surface area (Å²) in [7, 11) is 2.67. The van der Waals surface area contributed by atoms with Gasteiger partial charge in [-0.15, -0.1) is 0 Å². The largest absolute Gasteiger partial charge is 0.496 e. The third-order valence-electron chi connectivity index (χ3n) is 4.36. The standard InChI is InChI=1S/C17H18F2N2O4/c1-24-14-5-3-4-11-10(14)7-12(20-11)15(22)21-13(16(23)25-2)6-9-8-17(9,18)19/h3-5,7,9,13,20H,6,8H2,1-2H3,(H,21,22). The Hall–Kier alpha value is -2.64. The van der Waals surface area contributed by atoms with Gasteiger partial charge in [-0.3, -0.25) is 4.79 Å². The molecule has 6 nitrogen and oxygen atoms in total. The second kappa shape index (κ2) is 6.34. The van der Waals surface area contributed by atoms with Crippen LogP contribution in [0.3, 0.4) is 0 Å². The van der Waals surface area contributed by atoms with Gasteiger partial charge < -0.3 is 19.8 Å². The maximum atomic E-state index is 13.1. The van der Waals surface area contributed by atoms with E-state index in [0.717, 1.165) is 7.11 Å². The van der Waals surface area contributed by atoms with Gasteiger partial charge in [-0.25, -0.2) is 13.6 Å². The molecule has 0 spiro atoms. The van der Waals surface area contributed by atoms with Gasteiger partial charge in [0.1, 0.15) is 17.5 Å².